The van der Waals surface area contributed by atoms with Crippen LogP contribution in [-0.2, 0) is 13.0 Å². The summed E-state index contributed by atoms with van der Waals surface area (Å²) in [6.07, 6.45) is 3.28. The summed E-state index contributed by atoms with van der Waals surface area (Å²) in [5, 5.41) is 13.1. The number of aryl methyl sites for hydroxylation is 1. The van der Waals surface area contributed by atoms with Gasteiger partial charge in [0.1, 0.15) is 12.2 Å². The Morgan fingerprint density at radius 3 is 3.00 bits per heavy atom. The summed E-state index contributed by atoms with van der Waals surface area (Å²) in [5.41, 5.74) is 5.51. The Morgan fingerprint density at radius 2 is 2.43 bits per heavy atom. The highest BCUT2D eigenvalue weighted by atomic mass is 16.3. The fourth-order valence-electron chi connectivity index (χ4n) is 1.33. The minimum absolute atomic E-state index is 0.0924. The van der Waals surface area contributed by atoms with Crippen molar-refractivity contribution in [2.75, 3.05) is 13.2 Å². The van der Waals surface area contributed by atoms with Crippen LogP contribution in [0.3, 0.4) is 0 Å². The molecule has 0 fully saturated rings. The molecule has 5 nitrogen and oxygen atoms in total. The average molecular weight is 198 g/mol. The largest absolute Gasteiger partial charge is 0.396 e. The van der Waals surface area contributed by atoms with Crippen LogP contribution in [0.25, 0.3) is 0 Å². The van der Waals surface area contributed by atoms with Crippen molar-refractivity contribution in [3.8, 4) is 0 Å². The molecule has 3 N–H and O–H groups in total. The van der Waals surface area contributed by atoms with E-state index in [2.05, 4.69) is 17.0 Å². The van der Waals surface area contributed by atoms with Crippen LogP contribution in [0.5, 0.6) is 0 Å². The van der Waals surface area contributed by atoms with Crippen molar-refractivity contribution in [3.63, 3.8) is 0 Å². The lowest BCUT2D eigenvalue weighted by Crippen LogP contribution is -2.22. The molecule has 0 saturated carbocycles. The number of rotatable bonds is 6. The number of aromatic nitrogens is 3. The van der Waals surface area contributed by atoms with E-state index < -0.39 is 0 Å². The minimum Gasteiger partial charge on any atom is -0.396 e. The summed E-state index contributed by atoms with van der Waals surface area (Å²) >= 11 is 0. The molecule has 0 saturated heterocycles. The first-order valence-electron chi connectivity index (χ1n) is 4.99. The third-order valence-electron chi connectivity index (χ3n) is 2.19. The second-order valence-corrected chi connectivity index (χ2v) is 3.39. The quantitative estimate of drug-likeness (QED) is 0.663. The van der Waals surface area contributed by atoms with Gasteiger partial charge in [-0.25, -0.2) is 4.98 Å². The molecule has 0 spiro atoms. The molecule has 1 aromatic heterocycles. The highest BCUT2D eigenvalue weighted by Crippen LogP contribution is 2.04. The van der Waals surface area contributed by atoms with Crippen LogP contribution in [0, 0.1) is 5.92 Å². The van der Waals surface area contributed by atoms with Crippen molar-refractivity contribution in [3.05, 3.63) is 12.2 Å². The minimum atomic E-state index is 0.0924. The average Bonchev–Trinajstić information content (AvgIpc) is 2.62. The predicted molar refractivity (Wildman–Crippen MR) is 53.6 cm³/mol. The van der Waals surface area contributed by atoms with Gasteiger partial charge in [-0.3, -0.25) is 4.68 Å². The number of aliphatic hydroxyl groups excluding tert-OH is 1. The summed E-state index contributed by atoms with van der Waals surface area (Å²) < 4.78 is 1.87. The van der Waals surface area contributed by atoms with Gasteiger partial charge >= 0.3 is 0 Å². The van der Waals surface area contributed by atoms with Crippen LogP contribution in [0.2, 0.25) is 0 Å². The molecule has 0 aromatic carbocycles. The molecule has 80 valence electrons. The highest BCUT2D eigenvalue weighted by molar-refractivity contribution is 4.87. The molecule has 1 heterocycles. The molecule has 14 heavy (non-hydrogen) atoms. The Labute approximate surface area is 83.9 Å². The molecule has 0 amide bonds. The van der Waals surface area contributed by atoms with Gasteiger partial charge in [-0.15, -0.1) is 0 Å². The number of hydrogen-bond acceptors (Lipinski definition) is 4. The molecule has 0 aliphatic rings. The van der Waals surface area contributed by atoms with E-state index in [1.807, 2.05) is 4.68 Å². The number of hydrogen-bond donors (Lipinski definition) is 2. The first-order valence-corrected chi connectivity index (χ1v) is 4.99. The Balaban J connectivity index is 2.60. The second-order valence-electron chi connectivity index (χ2n) is 3.39. The van der Waals surface area contributed by atoms with E-state index in [9.17, 15) is 0 Å². The van der Waals surface area contributed by atoms with Gasteiger partial charge in [-0.1, -0.05) is 6.92 Å². The van der Waals surface area contributed by atoms with Gasteiger partial charge in [0.25, 0.3) is 0 Å². The van der Waals surface area contributed by atoms with Crippen LogP contribution in [-0.4, -0.2) is 33.0 Å². The normalized spacial score (nSPS) is 13.1. The Morgan fingerprint density at radius 1 is 1.64 bits per heavy atom. The van der Waals surface area contributed by atoms with Gasteiger partial charge in [0.15, 0.2) is 0 Å². The molecule has 0 radical (unpaired) electrons. The van der Waals surface area contributed by atoms with E-state index in [1.165, 1.54) is 0 Å². The standard InChI is InChI=1S/C9H18N4O/c1-2-3-13-9(11-7-12-13)4-8(5-10)6-14/h7-8,14H,2-6,10H2,1H3. The molecular formula is C9H18N4O. The van der Waals surface area contributed by atoms with E-state index in [0.717, 1.165) is 18.8 Å². The molecule has 5 heteroatoms. The van der Waals surface area contributed by atoms with E-state index in [1.54, 1.807) is 6.33 Å². The smallest absolute Gasteiger partial charge is 0.138 e. The number of aliphatic hydroxyl groups is 1. The van der Waals surface area contributed by atoms with E-state index in [4.69, 9.17) is 10.8 Å². The van der Waals surface area contributed by atoms with Crippen molar-refractivity contribution in [2.45, 2.75) is 26.3 Å². The van der Waals surface area contributed by atoms with Crippen LogP contribution < -0.4 is 5.73 Å². The predicted octanol–water partition coefficient (Wildman–Crippen LogP) is -0.202. The maximum absolute atomic E-state index is 9.01. The molecule has 0 aliphatic heterocycles. The zero-order chi connectivity index (χ0) is 10.4. The van der Waals surface area contributed by atoms with Crippen LogP contribution in [0.1, 0.15) is 19.2 Å². The van der Waals surface area contributed by atoms with Crippen LogP contribution >= 0.6 is 0 Å². The van der Waals surface area contributed by atoms with Crippen molar-refractivity contribution in [2.24, 2.45) is 11.7 Å². The van der Waals surface area contributed by atoms with Crippen molar-refractivity contribution >= 4 is 0 Å². The summed E-state index contributed by atoms with van der Waals surface area (Å²) in [6.45, 7) is 3.56. The molecule has 0 aliphatic carbocycles. The SMILES string of the molecule is CCCn1ncnc1CC(CN)CO. The van der Waals surface area contributed by atoms with Gasteiger partial charge in [-0.2, -0.15) is 5.10 Å². The molecule has 1 aromatic rings. The lowest BCUT2D eigenvalue weighted by Gasteiger charge is -2.11. The van der Waals surface area contributed by atoms with Crippen LogP contribution in [0.4, 0.5) is 0 Å². The van der Waals surface area contributed by atoms with Gasteiger partial charge in [0.05, 0.1) is 0 Å². The fourth-order valence-corrected chi connectivity index (χ4v) is 1.33. The summed E-state index contributed by atoms with van der Waals surface area (Å²) in [7, 11) is 0. The highest BCUT2D eigenvalue weighted by Gasteiger charge is 2.11. The third-order valence-corrected chi connectivity index (χ3v) is 2.19. The van der Waals surface area contributed by atoms with Gasteiger partial charge in [0, 0.05) is 25.5 Å². The van der Waals surface area contributed by atoms with Crippen molar-refractivity contribution < 1.29 is 5.11 Å². The Bertz CT molecular complexity index is 257. The first-order chi connectivity index (χ1) is 6.81. The monoisotopic (exact) mass is 198 g/mol. The van der Waals surface area contributed by atoms with E-state index in [0.29, 0.717) is 13.0 Å². The number of nitrogens with two attached hydrogens (primary N) is 1. The summed E-state index contributed by atoms with van der Waals surface area (Å²) in [4.78, 5) is 4.16. The van der Waals surface area contributed by atoms with Gasteiger partial charge < -0.3 is 10.8 Å². The molecule has 0 bridgehead atoms. The maximum Gasteiger partial charge on any atom is 0.138 e. The van der Waals surface area contributed by atoms with Crippen molar-refractivity contribution in [1.29, 1.82) is 0 Å². The van der Waals surface area contributed by atoms with Gasteiger partial charge in [-0.05, 0) is 13.0 Å². The van der Waals surface area contributed by atoms with E-state index >= 15 is 0 Å². The van der Waals surface area contributed by atoms with Crippen LogP contribution in [0.15, 0.2) is 6.33 Å². The third kappa shape index (κ3) is 2.78. The maximum atomic E-state index is 9.01. The molecule has 1 unspecified atom stereocenters. The zero-order valence-corrected chi connectivity index (χ0v) is 8.56. The lowest BCUT2D eigenvalue weighted by atomic mass is 10.1. The molecule has 1 atom stereocenters. The molecule has 1 rings (SSSR count). The number of nitrogens with zero attached hydrogens (tertiary/aromatic N) is 3. The summed E-state index contributed by atoms with van der Waals surface area (Å²) in [6, 6.07) is 0. The first kappa shape index (κ1) is 11.1. The van der Waals surface area contributed by atoms with E-state index in [-0.39, 0.29) is 12.5 Å². The summed E-state index contributed by atoms with van der Waals surface area (Å²) in [5.74, 6) is 1.01. The molecular weight excluding hydrogens is 180 g/mol. The fraction of sp³-hybridized carbons (Fsp3) is 0.778. The Hall–Kier alpha value is -0.940. The van der Waals surface area contributed by atoms with Crippen molar-refractivity contribution in [1.82, 2.24) is 14.8 Å². The Kier molecular flexibility index (Phi) is 4.55. The topological polar surface area (TPSA) is 77.0 Å². The lowest BCUT2D eigenvalue weighted by molar-refractivity contribution is 0.226. The second kappa shape index (κ2) is 5.72. The van der Waals surface area contributed by atoms with Gasteiger partial charge in [0.2, 0.25) is 0 Å². The zero-order valence-electron chi connectivity index (χ0n) is 8.56.